The number of fused-ring (bicyclic) bond motifs is 4. The Bertz CT molecular complexity index is 670. The van der Waals surface area contributed by atoms with Crippen LogP contribution in [0.4, 0.5) is 0 Å². The monoisotopic (exact) mass is 285 g/mol. The molecule has 1 aromatic carbocycles. The Morgan fingerprint density at radius 1 is 1.24 bits per heavy atom. The third-order valence-electron chi connectivity index (χ3n) is 5.44. The molecule has 0 saturated carbocycles. The number of benzene rings is 1. The lowest BCUT2D eigenvalue weighted by Crippen LogP contribution is -2.54. The maximum atomic E-state index is 5.41. The summed E-state index contributed by atoms with van der Waals surface area (Å²) in [7, 11) is 4.02. The molecule has 1 fully saturated rings. The highest BCUT2D eigenvalue weighted by molar-refractivity contribution is 5.86. The van der Waals surface area contributed by atoms with Gasteiger partial charge in [-0.2, -0.15) is 0 Å². The van der Waals surface area contributed by atoms with E-state index in [-0.39, 0.29) is 5.54 Å². The molecule has 0 atom stereocenters. The van der Waals surface area contributed by atoms with Crippen molar-refractivity contribution in [2.24, 2.45) is 0 Å². The molecular formula is C17H23N3O. The van der Waals surface area contributed by atoms with Crippen LogP contribution in [-0.2, 0) is 12.0 Å². The quantitative estimate of drug-likeness (QED) is 0.844. The van der Waals surface area contributed by atoms with Crippen molar-refractivity contribution in [3.05, 3.63) is 29.5 Å². The molecule has 4 rings (SSSR count). The molecule has 112 valence electrons. The Kier molecular flexibility index (Phi) is 2.98. The van der Waals surface area contributed by atoms with Crippen LogP contribution in [0.2, 0.25) is 0 Å². The third-order valence-corrected chi connectivity index (χ3v) is 5.44. The van der Waals surface area contributed by atoms with E-state index in [1.807, 2.05) is 6.07 Å². The number of hydrogen-bond donors (Lipinski definition) is 2. The van der Waals surface area contributed by atoms with Crippen molar-refractivity contribution in [2.75, 3.05) is 33.8 Å². The number of piperidine rings is 1. The number of ether oxygens (including phenoxy) is 1. The molecule has 0 bridgehead atoms. The number of aromatic amines is 1. The molecule has 0 amide bonds. The van der Waals surface area contributed by atoms with Gasteiger partial charge in [-0.05, 0) is 63.2 Å². The minimum Gasteiger partial charge on any atom is -0.497 e. The Morgan fingerprint density at radius 3 is 2.81 bits per heavy atom. The van der Waals surface area contributed by atoms with Gasteiger partial charge >= 0.3 is 0 Å². The Hall–Kier alpha value is -1.52. The molecular weight excluding hydrogens is 262 g/mol. The molecule has 1 aromatic heterocycles. The van der Waals surface area contributed by atoms with E-state index in [0.29, 0.717) is 0 Å². The average Bonchev–Trinajstić information content (AvgIpc) is 2.91. The van der Waals surface area contributed by atoms with Crippen LogP contribution in [0.25, 0.3) is 10.9 Å². The molecule has 4 nitrogen and oxygen atoms in total. The zero-order valence-electron chi connectivity index (χ0n) is 12.8. The number of H-pyrrole nitrogens is 1. The van der Waals surface area contributed by atoms with E-state index in [4.69, 9.17) is 4.74 Å². The summed E-state index contributed by atoms with van der Waals surface area (Å²) >= 11 is 0. The van der Waals surface area contributed by atoms with Gasteiger partial charge in [-0.25, -0.2) is 0 Å². The van der Waals surface area contributed by atoms with Gasteiger partial charge in [0.25, 0.3) is 0 Å². The Labute approximate surface area is 125 Å². The van der Waals surface area contributed by atoms with Crippen LogP contribution in [0.1, 0.15) is 24.1 Å². The second-order valence-electron chi connectivity index (χ2n) is 6.34. The Balaban J connectivity index is 1.92. The highest BCUT2D eigenvalue weighted by atomic mass is 16.5. The summed E-state index contributed by atoms with van der Waals surface area (Å²) in [5, 5.41) is 4.84. The fraction of sp³-hybridized carbons (Fsp3) is 0.529. The summed E-state index contributed by atoms with van der Waals surface area (Å²) in [6, 6.07) is 6.38. The van der Waals surface area contributed by atoms with Gasteiger partial charge in [0.2, 0.25) is 0 Å². The second-order valence-corrected chi connectivity index (χ2v) is 6.34. The predicted octanol–water partition coefficient (Wildman–Crippen LogP) is 2.24. The molecule has 0 unspecified atom stereocenters. The minimum atomic E-state index is 0.186. The first-order chi connectivity index (χ1) is 10.2. The van der Waals surface area contributed by atoms with Gasteiger partial charge in [-0.15, -0.1) is 0 Å². The summed E-state index contributed by atoms with van der Waals surface area (Å²) in [5.41, 5.74) is 4.38. The van der Waals surface area contributed by atoms with Crippen LogP contribution < -0.4 is 10.1 Å². The van der Waals surface area contributed by atoms with E-state index < -0.39 is 0 Å². The van der Waals surface area contributed by atoms with Crippen LogP contribution in [0, 0.1) is 0 Å². The Morgan fingerprint density at radius 2 is 2.05 bits per heavy atom. The van der Waals surface area contributed by atoms with Crippen LogP contribution >= 0.6 is 0 Å². The fourth-order valence-electron chi connectivity index (χ4n) is 4.17. The fourth-order valence-corrected chi connectivity index (χ4v) is 4.17. The smallest absolute Gasteiger partial charge is 0.119 e. The van der Waals surface area contributed by atoms with Crippen molar-refractivity contribution in [2.45, 2.75) is 24.8 Å². The van der Waals surface area contributed by atoms with E-state index in [1.165, 1.54) is 35.0 Å². The number of hydrogen-bond acceptors (Lipinski definition) is 3. The summed E-state index contributed by atoms with van der Waals surface area (Å²) in [5.74, 6) is 0.947. The molecule has 2 N–H and O–H groups in total. The number of methoxy groups -OCH3 is 1. The molecule has 1 saturated heterocycles. The standard InChI is InChI=1S/C17H23N3O/c1-20-10-5-13-14-11-12(21-2)3-4-15(14)19-16(13)17(20)6-8-18-9-7-17/h3-4,11,18-19H,5-10H2,1-2H3. The summed E-state index contributed by atoms with van der Waals surface area (Å²) in [6.45, 7) is 3.34. The summed E-state index contributed by atoms with van der Waals surface area (Å²) in [6.07, 6.45) is 3.48. The first kappa shape index (κ1) is 13.2. The number of aromatic nitrogens is 1. The number of likely N-dealkylation sites (N-methyl/N-ethyl adjacent to an activating group) is 1. The normalized spacial score (nSPS) is 21.6. The maximum absolute atomic E-state index is 5.41. The van der Waals surface area contributed by atoms with Crippen molar-refractivity contribution >= 4 is 10.9 Å². The minimum absolute atomic E-state index is 0.186. The number of nitrogens with one attached hydrogen (secondary N) is 2. The number of rotatable bonds is 1. The van der Waals surface area contributed by atoms with Gasteiger partial charge in [0.15, 0.2) is 0 Å². The van der Waals surface area contributed by atoms with Crippen LogP contribution in [0.5, 0.6) is 5.75 Å². The molecule has 1 spiro atoms. The predicted molar refractivity (Wildman–Crippen MR) is 85.0 cm³/mol. The van der Waals surface area contributed by atoms with Crippen LogP contribution in [-0.4, -0.2) is 43.7 Å². The molecule has 2 aliphatic heterocycles. The molecule has 21 heavy (non-hydrogen) atoms. The second kappa shape index (κ2) is 4.75. The van der Waals surface area contributed by atoms with Gasteiger partial charge in [-0.1, -0.05) is 0 Å². The SMILES string of the molecule is COc1ccc2[nH]c3c(c2c1)CCN(C)C31CCNCC1. The van der Waals surface area contributed by atoms with Crippen molar-refractivity contribution in [1.29, 1.82) is 0 Å². The zero-order valence-corrected chi connectivity index (χ0v) is 12.8. The summed E-state index contributed by atoms with van der Waals surface area (Å²) < 4.78 is 5.41. The van der Waals surface area contributed by atoms with Crippen molar-refractivity contribution in [3.63, 3.8) is 0 Å². The highest BCUT2D eigenvalue weighted by Crippen LogP contribution is 2.43. The molecule has 3 heterocycles. The number of nitrogens with zero attached hydrogens (tertiary/aromatic N) is 1. The van der Waals surface area contributed by atoms with Gasteiger partial charge in [-0.3, -0.25) is 4.90 Å². The van der Waals surface area contributed by atoms with Crippen molar-refractivity contribution in [3.8, 4) is 5.75 Å². The van der Waals surface area contributed by atoms with E-state index in [0.717, 1.165) is 31.8 Å². The van der Waals surface area contributed by atoms with Gasteiger partial charge in [0.05, 0.1) is 12.6 Å². The lowest BCUT2D eigenvalue weighted by atomic mass is 9.78. The third kappa shape index (κ3) is 1.82. The van der Waals surface area contributed by atoms with E-state index in [9.17, 15) is 0 Å². The van der Waals surface area contributed by atoms with E-state index in [1.54, 1.807) is 7.11 Å². The van der Waals surface area contributed by atoms with E-state index in [2.05, 4.69) is 34.4 Å². The maximum Gasteiger partial charge on any atom is 0.119 e. The van der Waals surface area contributed by atoms with Crippen molar-refractivity contribution < 1.29 is 4.74 Å². The first-order valence-electron chi connectivity index (χ1n) is 7.86. The van der Waals surface area contributed by atoms with Gasteiger partial charge in [0, 0.05) is 23.1 Å². The topological polar surface area (TPSA) is 40.3 Å². The molecule has 2 aliphatic rings. The molecule has 0 radical (unpaired) electrons. The van der Waals surface area contributed by atoms with Crippen LogP contribution in [0.3, 0.4) is 0 Å². The van der Waals surface area contributed by atoms with Crippen molar-refractivity contribution in [1.82, 2.24) is 15.2 Å². The largest absolute Gasteiger partial charge is 0.497 e. The lowest BCUT2D eigenvalue weighted by molar-refractivity contribution is 0.0658. The zero-order chi connectivity index (χ0) is 14.4. The average molecular weight is 285 g/mol. The molecule has 2 aromatic rings. The summed E-state index contributed by atoms with van der Waals surface area (Å²) in [4.78, 5) is 6.29. The van der Waals surface area contributed by atoms with Gasteiger partial charge < -0.3 is 15.0 Å². The molecule has 4 heteroatoms. The lowest BCUT2D eigenvalue weighted by Gasteiger charge is -2.47. The first-order valence-corrected chi connectivity index (χ1v) is 7.86. The van der Waals surface area contributed by atoms with Gasteiger partial charge in [0.1, 0.15) is 5.75 Å². The molecule has 0 aliphatic carbocycles. The van der Waals surface area contributed by atoms with E-state index >= 15 is 0 Å². The van der Waals surface area contributed by atoms with Crippen LogP contribution in [0.15, 0.2) is 18.2 Å². The highest BCUT2D eigenvalue weighted by Gasteiger charge is 2.43.